The van der Waals surface area contributed by atoms with Gasteiger partial charge in [0.15, 0.2) is 0 Å². The van der Waals surface area contributed by atoms with E-state index in [0.717, 1.165) is 39.1 Å². The molecule has 1 aliphatic rings. The number of likely N-dealkylation sites (tertiary alicyclic amines) is 1. The lowest BCUT2D eigenvalue weighted by Crippen LogP contribution is -2.33. The van der Waals surface area contributed by atoms with Gasteiger partial charge in [0.1, 0.15) is 0 Å². The first-order chi connectivity index (χ1) is 7.26. The van der Waals surface area contributed by atoms with Crippen LogP contribution in [-0.2, 0) is 14.3 Å². The second-order valence-electron chi connectivity index (χ2n) is 3.66. The van der Waals surface area contributed by atoms with Gasteiger partial charge in [-0.1, -0.05) is 5.57 Å². The van der Waals surface area contributed by atoms with Crippen molar-refractivity contribution in [2.45, 2.75) is 12.8 Å². The lowest BCUT2D eigenvalue weighted by Gasteiger charge is -2.27. The van der Waals surface area contributed by atoms with E-state index in [0.29, 0.717) is 0 Å². The molecule has 1 heterocycles. The third-order valence-corrected chi connectivity index (χ3v) is 2.63. The summed E-state index contributed by atoms with van der Waals surface area (Å²) >= 11 is 0. The standard InChI is InChI=1S/C11H19NO3/c1-14-8-7-12-5-3-10(4-6-12)9-11(13)15-2/h9H,3-8H2,1-2H3. The van der Waals surface area contributed by atoms with Crippen LogP contribution in [-0.4, -0.2) is 51.3 Å². The monoisotopic (exact) mass is 213 g/mol. The number of carbonyl (C=O) groups is 1. The molecule has 1 aliphatic heterocycles. The molecule has 0 aromatic rings. The molecule has 0 N–H and O–H groups in total. The second-order valence-corrected chi connectivity index (χ2v) is 3.66. The van der Waals surface area contributed by atoms with E-state index < -0.39 is 0 Å². The molecule has 4 nitrogen and oxygen atoms in total. The summed E-state index contributed by atoms with van der Waals surface area (Å²) in [4.78, 5) is 13.3. The van der Waals surface area contributed by atoms with Gasteiger partial charge in [-0.15, -0.1) is 0 Å². The van der Waals surface area contributed by atoms with Crippen LogP contribution in [0, 0.1) is 0 Å². The number of methoxy groups -OCH3 is 2. The topological polar surface area (TPSA) is 38.8 Å². The molecular formula is C11H19NO3. The van der Waals surface area contributed by atoms with Crippen LogP contribution in [0.15, 0.2) is 11.6 Å². The van der Waals surface area contributed by atoms with Crippen molar-refractivity contribution in [3.8, 4) is 0 Å². The van der Waals surface area contributed by atoms with Gasteiger partial charge in [-0.25, -0.2) is 4.79 Å². The molecule has 86 valence electrons. The summed E-state index contributed by atoms with van der Waals surface area (Å²) in [6, 6.07) is 0. The molecule has 15 heavy (non-hydrogen) atoms. The summed E-state index contributed by atoms with van der Waals surface area (Å²) in [5.41, 5.74) is 1.19. The summed E-state index contributed by atoms with van der Waals surface area (Å²) < 4.78 is 9.62. The van der Waals surface area contributed by atoms with Crippen LogP contribution in [0.1, 0.15) is 12.8 Å². The first kappa shape index (κ1) is 12.2. The lowest BCUT2D eigenvalue weighted by molar-refractivity contribution is -0.134. The van der Waals surface area contributed by atoms with Crippen LogP contribution in [0.4, 0.5) is 0 Å². The van der Waals surface area contributed by atoms with Gasteiger partial charge in [-0.05, 0) is 12.8 Å². The van der Waals surface area contributed by atoms with Gasteiger partial charge in [0.2, 0.25) is 0 Å². The molecular weight excluding hydrogens is 194 g/mol. The van der Waals surface area contributed by atoms with Crippen molar-refractivity contribution >= 4 is 5.97 Å². The van der Waals surface area contributed by atoms with E-state index in [1.807, 2.05) is 0 Å². The summed E-state index contributed by atoms with van der Waals surface area (Å²) in [7, 11) is 3.12. The molecule has 0 aliphatic carbocycles. The van der Waals surface area contributed by atoms with Gasteiger partial charge in [-0.3, -0.25) is 0 Å². The third-order valence-electron chi connectivity index (χ3n) is 2.63. The highest BCUT2D eigenvalue weighted by atomic mass is 16.5. The number of piperidine rings is 1. The largest absolute Gasteiger partial charge is 0.466 e. The van der Waals surface area contributed by atoms with E-state index >= 15 is 0 Å². The van der Waals surface area contributed by atoms with Crippen LogP contribution in [0.2, 0.25) is 0 Å². The molecule has 0 radical (unpaired) electrons. The van der Waals surface area contributed by atoms with Crippen LogP contribution >= 0.6 is 0 Å². The highest BCUT2D eigenvalue weighted by Gasteiger charge is 2.14. The van der Waals surface area contributed by atoms with Gasteiger partial charge in [0, 0.05) is 32.8 Å². The molecule has 4 heteroatoms. The van der Waals surface area contributed by atoms with E-state index in [2.05, 4.69) is 9.64 Å². The Balaban J connectivity index is 2.29. The maximum Gasteiger partial charge on any atom is 0.330 e. The number of esters is 1. The van der Waals surface area contributed by atoms with Gasteiger partial charge in [0.05, 0.1) is 13.7 Å². The molecule has 0 atom stereocenters. The fraction of sp³-hybridized carbons (Fsp3) is 0.727. The zero-order chi connectivity index (χ0) is 11.1. The van der Waals surface area contributed by atoms with E-state index in [1.54, 1.807) is 13.2 Å². The minimum absolute atomic E-state index is 0.240. The Morgan fingerprint density at radius 1 is 1.40 bits per heavy atom. The lowest BCUT2D eigenvalue weighted by atomic mass is 10.0. The van der Waals surface area contributed by atoms with Crippen molar-refractivity contribution in [2.24, 2.45) is 0 Å². The molecule has 0 amide bonds. The highest BCUT2D eigenvalue weighted by molar-refractivity contribution is 5.82. The minimum Gasteiger partial charge on any atom is -0.466 e. The molecule has 0 aromatic carbocycles. The van der Waals surface area contributed by atoms with Gasteiger partial charge in [-0.2, -0.15) is 0 Å². The van der Waals surface area contributed by atoms with Crippen molar-refractivity contribution < 1.29 is 14.3 Å². The smallest absolute Gasteiger partial charge is 0.330 e. The van der Waals surface area contributed by atoms with E-state index in [-0.39, 0.29) is 5.97 Å². The Bertz CT molecular complexity index is 228. The second kappa shape index (κ2) is 6.58. The Hall–Kier alpha value is -0.870. The van der Waals surface area contributed by atoms with E-state index in [9.17, 15) is 4.79 Å². The number of hydrogen-bond donors (Lipinski definition) is 0. The van der Waals surface area contributed by atoms with Gasteiger partial charge in [0.25, 0.3) is 0 Å². The molecule has 0 saturated carbocycles. The molecule has 1 saturated heterocycles. The average molecular weight is 213 g/mol. The van der Waals surface area contributed by atoms with Crippen LogP contribution in [0.3, 0.4) is 0 Å². The van der Waals surface area contributed by atoms with Crippen molar-refractivity contribution in [1.82, 2.24) is 4.90 Å². The summed E-state index contributed by atoms with van der Waals surface area (Å²) in [5.74, 6) is -0.240. The minimum atomic E-state index is -0.240. The highest BCUT2D eigenvalue weighted by Crippen LogP contribution is 2.15. The van der Waals surface area contributed by atoms with Crippen molar-refractivity contribution in [2.75, 3.05) is 40.5 Å². The Morgan fingerprint density at radius 3 is 2.60 bits per heavy atom. The van der Waals surface area contributed by atoms with Crippen molar-refractivity contribution in [1.29, 1.82) is 0 Å². The average Bonchev–Trinajstić information content (AvgIpc) is 2.28. The summed E-state index contributed by atoms with van der Waals surface area (Å²) in [5, 5.41) is 0. The summed E-state index contributed by atoms with van der Waals surface area (Å²) in [6.45, 7) is 3.76. The first-order valence-corrected chi connectivity index (χ1v) is 5.25. The quantitative estimate of drug-likeness (QED) is 0.512. The maximum absolute atomic E-state index is 11.0. The number of nitrogens with zero attached hydrogens (tertiary/aromatic N) is 1. The SMILES string of the molecule is COCCN1CCC(=CC(=O)OC)CC1. The Morgan fingerprint density at radius 2 is 2.07 bits per heavy atom. The molecule has 0 unspecified atom stereocenters. The Labute approximate surface area is 90.8 Å². The number of carbonyl (C=O) groups excluding carboxylic acids is 1. The molecule has 0 spiro atoms. The van der Waals surface area contributed by atoms with Gasteiger partial charge < -0.3 is 14.4 Å². The van der Waals surface area contributed by atoms with E-state index in [4.69, 9.17) is 4.74 Å². The number of rotatable bonds is 4. The first-order valence-electron chi connectivity index (χ1n) is 5.25. The van der Waals surface area contributed by atoms with Crippen molar-refractivity contribution in [3.05, 3.63) is 11.6 Å². The third kappa shape index (κ3) is 4.44. The molecule has 0 bridgehead atoms. The van der Waals surface area contributed by atoms with Gasteiger partial charge >= 0.3 is 5.97 Å². The van der Waals surface area contributed by atoms with Crippen LogP contribution in [0.25, 0.3) is 0 Å². The zero-order valence-corrected chi connectivity index (χ0v) is 9.49. The fourth-order valence-corrected chi connectivity index (χ4v) is 1.65. The molecule has 1 rings (SSSR count). The molecule has 1 fully saturated rings. The fourth-order valence-electron chi connectivity index (χ4n) is 1.65. The maximum atomic E-state index is 11.0. The van der Waals surface area contributed by atoms with Crippen LogP contribution < -0.4 is 0 Å². The van der Waals surface area contributed by atoms with Crippen LogP contribution in [0.5, 0.6) is 0 Å². The number of hydrogen-bond acceptors (Lipinski definition) is 4. The zero-order valence-electron chi connectivity index (χ0n) is 9.49. The molecule has 0 aromatic heterocycles. The number of ether oxygens (including phenoxy) is 2. The normalized spacial score (nSPS) is 17.6. The predicted octanol–water partition coefficient (Wildman–Crippen LogP) is 0.828. The Kier molecular flexibility index (Phi) is 5.36. The summed E-state index contributed by atoms with van der Waals surface area (Å²) in [6.07, 6.45) is 3.53. The van der Waals surface area contributed by atoms with E-state index in [1.165, 1.54) is 12.7 Å². The van der Waals surface area contributed by atoms with Crippen molar-refractivity contribution in [3.63, 3.8) is 0 Å². The predicted molar refractivity (Wildman–Crippen MR) is 57.6 cm³/mol.